The molecule has 24 heavy (non-hydrogen) atoms. The van der Waals surface area contributed by atoms with E-state index in [1.54, 1.807) is 0 Å². The van der Waals surface area contributed by atoms with Gasteiger partial charge in [-0.25, -0.2) is 0 Å². The molecule has 128 valence electrons. The summed E-state index contributed by atoms with van der Waals surface area (Å²) in [7, 11) is 0. The number of amides is 2. The summed E-state index contributed by atoms with van der Waals surface area (Å²) in [5, 5.41) is 11.2. The molecule has 0 saturated carbocycles. The Morgan fingerprint density at radius 2 is 2.00 bits per heavy atom. The third kappa shape index (κ3) is 5.38. The van der Waals surface area contributed by atoms with Crippen LogP contribution in [0.5, 0.6) is 0 Å². The molecular weight excluding hydrogens is 302 g/mol. The lowest BCUT2D eigenvalue weighted by Gasteiger charge is -2.32. The van der Waals surface area contributed by atoms with E-state index < -0.39 is 0 Å². The molecule has 0 unspecified atom stereocenters. The molecule has 1 N–H and O–H groups in total. The molecular formula is C19H25N3O2. The molecule has 0 aliphatic carbocycles. The van der Waals surface area contributed by atoms with Crippen LogP contribution in [0.4, 0.5) is 0 Å². The number of nitrogens with one attached hydrogen (secondary N) is 1. The zero-order chi connectivity index (χ0) is 17.4. The molecule has 1 aromatic rings. The Labute approximate surface area is 143 Å². The Morgan fingerprint density at radius 3 is 2.67 bits per heavy atom. The second-order valence-corrected chi connectivity index (χ2v) is 6.39. The molecule has 1 aliphatic rings. The van der Waals surface area contributed by atoms with Gasteiger partial charge >= 0.3 is 0 Å². The van der Waals surface area contributed by atoms with Gasteiger partial charge in [-0.05, 0) is 43.2 Å². The van der Waals surface area contributed by atoms with Crippen molar-refractivity contribution in [2.75, 3.05) is 19.6 Å². The first kappa shape index (κ1) is 18.0. The third-order valence-electron chi connectivity index (χ3n) is 4.66. The number of hydrogen-bond acceptors (Lipinski definition) is 3. The van der Waals surface area contributed by atoms with Crippen molar-refractivity contribution in [2.45, 2.75) is 39.0 Å². The molecule has 0 spiro atoms. The average Bonchev–Trinajstić information content (AvgIpc) is 2.60. The van der Waals surface area contributed by atoms with E-state index in [2.05, 4.69) is 24.4 Å². The number of hydrogen-bond donors (Lipinski definition) is 1. The van der Waals surface area contributed by atoms with Gasteiger partial charge in [-0.15, -0.1) is 0 Å². The van der Waals surface area contributed by atoms with Gasteiger partial charge in [0.25, 0.3) is 0 Å². The number of rotatable bonds is 6. The summed E-state index contributed by atoms with van der Waals surface area (Å²) in [6.07, 6.45) is 3.06. The van der Waals surface area contributed by atoms with Crippen LogP contribution >= 0.6 is 0 Å². The molecule has 5 heteroatoms. The summed E-state index contributed by atoms with van der Waals surface area (Å²) in [6, 6.07) is 10.0. The highest BCUT2D eigenvalue weighted by Gasteiger charge is 2.22. The second-order valence-electron chi connectivity index (χ2n) is 6.39. The molecule has 0 bridgehead atoms. The van der Waals surface area contributed by atoms with Gasteiger partial charge in [-0.3, -0.25) is 9.59 Å². The Morgan fingerprint density at radius 1 is 1.29 bits per heavy atom. The third-order valence-corrected chi connectivity index (χ3v) is 4.66. The lowest BCUT2D eigenvalue weighted by molar-refractivity contribution is -0.132. The van der Waals surface area contributed by atoms with Crippen LogP contribution in [0.2, 0.25) is 0 Å². The summed E-state index contributed by atoms with van der Waals surface area (Å²) >= 11 is 0. The minimum Gasteiger partial charge on any atom is -0.355 e. The minimum absolute atomic E-state index is 0.0871. The van der Waals surface area contributed by atoms with Crippen molar-refractivity contribution in [2.24, 2.45) is 5.92 Å². The summed E-state index contributed by atoms with van der Waals surface area (Å²) in [5.41, 5.74) is 2.47. The number of likely N-dealkylation sites (tertiary alicyclic amines) is 1. The smallest absolute Gasteiger partial charge is 0.234 e. The van der Waals surface area contributed by atoms with Gasteiger partial charge in [-0.2, -0.15) is 5.26 Å². The number of piperidine rings is 1. The molecule has 0 aromatic heterocycles. The zero-order valence-electron chi connectivity index (χ0n) is 14.3. The van der Waals surface area contributed by atoms with E-state index in [1.807, 2.05) is 23.1 Å². The molecule has 0 atom stereocenters. The Balaban J connectivity index is 1.70. The highest BCUT2D eigenvalue weighted by atomic mass is 16.2. The summed E-state index contributed by atoms with van der Waals surface area (Å²) < 4.78 is 0. The van der Waals surface area contributed by atoms with Crippen molar-refractivity contribution in [1.29, 1.82) is 5.26 Å². The molecule has 1 aliphatic heterocycles. The summed E-state index contributed by atoms with van der Waals surface area (Å²) in [6.45, 7) is 4.19. The molecule has 1 fully saturated rings. The summed E-state index contributed by atoms with van der Waals surface area (Å²) in [5.74, 6) is 0.396. The van der Waals surface area contributed by atoms with Crippen LogP contribution in [0.3, 0.4) is 0 Å². The van der Waals surface area contributed by atoms with Crippen LogP contribution in [-0.4, -0.2) is 36.3 Å². The fourth-order valence-corrected chi connectivity index (χ4v) is 3.07. The average molecular weight is 327 g/mol. The maximum absolute atomic E-state index is 12.4. The van der Waals surface area contributed by atoms with Crippen LogP contribution in [-0.2, 0) is 16.0 Å². The van der Waals surface area contributed by atoms with Gasteiger partial charge in [0.2, 0.25) is 11.8 Å². The number of nitrogens with zero attached hydrogens (tertiary/aromatic N) is 2. The molecule has 2 amide bonds. The van der Waals surface area contributed by atoms with E-state index in [1.165, 1.54) is 11.1 Å². The van der Waals surface area contributed by atoms with Gasteiger partial charge in [0.15, 0.2) is 0 Å². The van der Waals surface area contributed by atoms with Gasteiger partial charge in [-0.1, -0.05) is 24.3 Å². The number of aryl methyl sites for hydroxylation is 2. The SMILES string of the molecule is Cc1ccccc1CCC(=O)N1CCC(CNC(=O)CC#N)CC1. The lowest BCUT2D eigenvalue weighted by Crippen LogP contribution is -2.41. The number of carbonyl (C=O) groups excluding carboxylic acids is 2. The van der Waals surface area contributed by atoms with E-state index in [-0.39, 0.29) is 18.2 Å². The van der Waals surface area contributed by atoms with Crippen molar-refractivity contribution >= 4 is 11.8 Å². The molecule has 1 heterocycles. The predicted octanol–water partition coefficient (Wildman–Crippen LogP) is 2.20. The standard InChI is InChI=1S/C19H25N3O2/c1-15-4-2-3-5-17(15)6-7-19(24)22-12-9-16(10-13-22)14-21-18(23)8-11-20/h2-5,16H,6-10,12-14H2,1H3,(H,21,23). The van der Waals surface area contributed by atoms with E-state index in [0.717, 1.165) is 32.4 Å². The Bertz CT molecular complexity index is 613. The topological polar surface area (TPSA) is 73.2 Å². The Hall–Kier alpha value is -2.35. The van der Waals surface area contributed by atoms with E-state index in [0.29, 0.717) is 18.9 Å². The van der Waals surface area contributed by atoms with Gasteiger partial charge in [0.1, 0.15) is 6.42 Å². The number of carbonyl (C=O) groups is 2. The van der Waals surface area contributed by atoms with Gasteiger partial charge < -0.3 is 10.2 Å². The fourth-order valence-electron chi connectivity index (χ4n) is 3.07. The quantitative estimate of drug-likeness (QED) is 0.870. The highest BCUT2D eigenvalue weighted by Crippen LogP contribution is 2.18. The highest BCUT2D eigenvalue weighted by molar-refractivity contribution is 5.78. The van der Waals surface area contributed by atoms with Crippen LogP contribution in [0.25, 0.3) is 0 Å². The molecule has 1 aromatic carbocycles. The first-order valence-corrected chi connectivity index (χ1v) is 8.56. The van der Waals surface area contributed by atoms with Crippen molar-refractivity contribution in [3.8, 4) is 6.07 Å². The maximum atomic E-state index is 12.4. The number of benzene rings is 1. The lowest BCUT2D eigenvalue weighted by atomic mass is 9.96. The zero-order valence-corrected chi connectivity index (χ0v) is 14.3. The predicted molar refractivity (Wildman–Crippen MR) is 92.0 cm³/mol. The number of nitriles is 1. The fraction of sp³-hybridized carbons (Fsp3) is 0.526. The van der Waals surface area contributed by atoms with E-state index in [9.17, 15) is 9.59 Å². The summed E-state index contributed by atoms with van der Waals surface area (Å²) in [4.78, 5) is 25.6. The van der Waals surface area contributed by atoms with Crippen LogP contribution in [0, 0.1) is 24.2 Å². The van der Waals surface area contributed by atoms with Crippen molar-refractivity contribution in [3.05, 3.63) is 35.4 Å². The maximum Gasteiger partial charge on any atom is 0.234 e. The van der Waals surface area contributed by atoms with Crippen molar-refractivity contribution in [3.63, 3.8) is 0 Å². The molecule has 5 nitrogen and oxygen atoms in total. The molecule has 1 saturated heterocycles. The van der Waals surface area contributed by atoms with Crippen LogP contribution in [0.15, 0.2) is 24.3 Å². The van der Waals surface area contributed by atoms with Crippen molar-refractivity contribution < 1.29 is 9.59 Å². The molecule has 0 radical (unpaired) electrons. The largest absolute Gasteiger partial charge is 0.355 e. The first-order valence-electron chi connectivity index (χ1n) is 8.56. The van der Waals surface area contributed by atoms with Gasteiger partial charge in [0, 0.05) is 26.1 Å². The Kier molecular flexibility index (Phi) is 6.80. The van der Waals surface area contributed by atoms with E-state index >= 15 is 0 Å². The van der Waals surface area contributed by atoms with Crippen molar-refractivity contribution in [1.82, 2.24) is 10.2 Å². The van der Waals surface area contributed by atoms with E-state index in [4.69, 9.17) is 5.26 Å². The second kappa shape index (κ2) is 9.07. The minimum atomic E-state index is -0.214. The van der Waals surface area contributed by atoms with Crippen LogP contribution in [0.1, 0.15) is 36.8 Å². The van der Waals surface area contributed by atoms with Crippen LogP contribution < -0.4 is 5.32 Å². The first-order chi connectivity index (χ1) is 11.6. The van der Waals surface area contributed by atoms with Gasteiger partial charge in [0.05, 0.1) is 6.07 Å². The monoisotopic (exact) mass is 327 g/mol. The normalized spacial score (nSPS) is 14.9. The molecule has 2 rings (SSSR count).